The molecule has 2 rings (SSSR count). The zero-order valence-corrected chi connectivity index (χ0v) is 14.7. The molecule has 3 atom stereocenters. The number of nitrogens with zero attached hydrogens (tertiary/aromatic N) is 2. The molecule has 0 bridgehead atoms. The van der Waals surface area contributed by atoms with Crippen molar-refractivity contribution in [2.24, 2.45) is 10.4 Å². The van der Waals surface area contributed by atoms with Gasteiger partial charge in [-0.1, -0.05) is 13.8 Å². The number of hydrogen-bond donors (Lipinski definition) is 2. The highest BCUT2D eigenvalue weighted by Gasteiger charge is 2.48. The van der Waals surface area contributed by atoms with Gasteiger partial charge in [-0.15, -0.1) is 0 Å². The van der Waals surface area contributed by atoms with Gasteiger partial charge in [-0.05, 0) is 20.4 Å². The quantitative estimate of drug-likeness (QED) is 0.578. The highest BCUT2D eigenvalue weighted by molar-refractivity contribution is 5.80. The number of nitrogens with one attached hydrogen (secondary N) is 2. The van der Waals surface area contributed by atoms with E-state index in [0.29, 0.717) is 18.7 Å². The first kappa shape index (κ1) is 17.5. The van der Waals surface area contributed by atoms with Gasteiger partial charge in [0.25, 0.3) is 0 Å². The van der Waals surface area contributed by atoms with E-state index in [1.165, 1.54) is 0 Å². The lowest BCUT2D eigenvalue weighted by Gasteiger charge is -2.51. The molecule has 1 aliphatic heterocycles. The lowest BCUT2D eigenvalue weighted by atomic mass is 9.64. The van der Waals surface area contributed by atoms with Crippen LogP contribution in [-0.4, -0.2) is 76.1 Å². The average Bonchev–Trinajstić information content (AvgIpc) is 2.48. The van der Waals surface area contributed by atoms with Crippen LogP contribution in [0.25, 0.3) is 0 Å². The van der Waals surface area contributed by atoms with Crippen LogP contribution in [0.2, 0.25) is 0 Å². The minimum atomic E-state index is 0.131. The van der Waals surface area contributed by atoms with Gasteiger partial charge < -0.3 is 25.0 Å². The Kier molecular flexibility index (Phi) is 6.06. The molecule has 2 aliphatic rings. The minimum absolute atomic E-state index is 0.131. The van der Waals surface area contributed by atoms with Crippen molar-refractivity contribution >= 4 is 5.96 Å². The minimum Gasteiger partial charge on any atom is -0.381 e. The van der Waals surface area contributed by atoms with E-state index in [-0.39, 0.29) is 11.5 Å². The maximum Gasteiger partial charge on any atom is 0.191 e. The first-order valence-electron chi connectivity index (χ1n) is 8.35. The van der Waals surface area contributed by atoms with Gasteiger partial charge in [0.15, 0.2) is 5.96 Å². The third-order valence-electron chi connectivity index (χ3n) is 4.91. The molecule has 0 amide bonds. The van der Waals surface area contributed by atoms with Crippen molar-refractivity contribution in [3.05, 3.63) is 0 Å². The Hall–Kier alpha value is -0.850. The zero-order chi connectivity index (χ0) is 16.2. The number of rotatable bonds is 5. The van der Waals surface area contributed by atoms with Crippen LogP contribution >= 0.6 is 0 Å². The summed E-state index contributed by atoms with van der Waals surface area (Å²) >= 11 is 0. The lowest BCUT2D eigenvalue weighted by molar-refractivity contribution is -0.0923. The number of aliphatic imine (C=N–C) groups is 1. The maximum atomic E-state index is 5.77. The molecule has 22 heavy (non-hydrogen) atoms. The molecule has 0 spiro atoms. The van der Waals surface area contributed by atoms with Crippen LogP contribution in [-0.2, 0) is 9.47 Å². The van der Waals surface area contributed by atoms with Crippen molar-refractivity contribution < 1.29 is 9.47 Å². The highest BCUT2D eigenvalue weighted by atomic mass is 16.5. The molecule has 0 aromatic rings. The van der Waals surface area contributed by atoms with Gasteiger partial charge in [-0.25, -0.2) is 0 Å². The molecule has 6 heteroatoms. The summed E-state index contributed by atoms with van der Waals surface area (Å²) in [4.78, 5) is 7.01. The molecule has 128 valence electrons. The number of guanidine groups is 1. The lowest BCUT2D eigenvalue weighted by Crippen LogP contribution is -2.63. The average molecular weight is 312 g/mol. The van der Waals surface area contributed by atoms with E-state index in [0.717, 1.165) is 38.6 Å². The molecule has 1 saturated heterocycles. The second-order valence-electron chi connectivity index (χ2n) is 6.95. The van der Waals surface area contributed by atoms with Crippen LogP contribution in [0.1, 0.15) is 27.2 Å². The van der Waals surface area contributed by atoms with Gasteiger partial charge in [0, 0.05) is 38.2 Å². The van der Waals surface area contributed by atoms with Crippen LogP contribution in [0.3, 0.4) is 0 Å². The SMILES string of the molecule is CCNC(=NCC1CN(C)CCO1)NC1CC(OC)C1(C)C. The topological polar surface area (TPSA) is 58.1 Å². The number of ether oxygens (including phenoxy) is 2. The molecule has 0 radical (unpaired) electrons. The van der Waals surface area contributed by atoms with Crippen molar-refractivity contribution in [3.8, 4) is 0 Å². The second kappa shape index (κ2) is 7.62. The highest BCUT2D eigenvalue weighted by Crippen LogP contribution is 2.42. The molecule has 3 unspecified atom stereocenters. The largest absolute Gasteiger partial charge is 0.381 e. The summed E-state index contributed by atoms with van der Waals surface area (Å²) in [6.45, 7) is 10.9. The summed E-state index contributed by atoms with van der Waals surface area (Å²) in [6, 6.07) is 0.394. The van der Waals surface area contributed by atoms with Crippen molar-refractivity contribution in [1.82, 2.24) is 15.5 Å². The molecular formula is C16H32N4O2. The molecule has 0 aromatic carbocycles. The summed E-state index contributed by atoms with van der Waals surface area (Å²) in [7, 11) is 3.92. The standard InChI is InChI=1S/C16H32N4O2/c1-6-17-15(18-10-12-11-20(4)7-8-22-12)19-13-9-14(21-5)16(13,2)3/h12-14H,6-11H2,1-5H3,(H2,17,18,19). The molecular weight excluding hydrogens is 280 g/mol. The van der Waals surface area contributed by atoms with Crippen LogP contribution in [0.15, 0.2) is 4.99 Å². The van der Waals surface area contributed by atoms with Crippen molar-refractivity contribution in [2.75, 3.05) is 46.9 Å². The van der Waals surface area contributed by atoms with Gasteiger partial charge in [0.2, 0.25) is 0 Å². The molecule has 1 saturated carbocycles. The Labute approximate surface area is 134 Å². The Bertz CT molecular complexity index is 386. The van der Waals surface area contributed by atoms with Gasteiger partial charge in [0.1, 0.15) is 0 Å². The van der Waals surface area contributed by atoms with Crippen molar-refractivity contribution in [3.63, 3.8) is 0 Å². The molecule has 1 aliphatic carbocycles. The summed E-state index contributed by atoms with van der Waals surface area (Å²) < 4.78 is 11.3. The first-order chi connectivity index (χ1) is 10.5. The predicted octanol–water partition coefficient (Wildman–Crippen LogP) is 0.686. The number of likely N-dealkylation sites (N-methyl/N-ethyl adjacent to an activating group) is 1. The monoisotopic (exact) mass is 312 g/mol. The fraction of sp³-hybridized carbons (Fsp3) is 0.938. The van der Waals surface area contributed by atoms with E-state index in [4.69, 9.17) is 14.5 Å². The van der Waals surface area contributed by atoms with Crippen molar-refractivity contribution in [1.29, 1.82) is 0 Å². The predicted molar refractivity (Wildman–Crippen MR) is 89.3 cm³/mol. The van der Waals surface area contributed by atoms with Crippen LogP contribution in [0.4, 0.5) is 0 Å². The summed E-state index contributed by atoms with van der Waals surface area (Å²) in [5.74, 6) is 0.881. The summed E-state index contributed by atoms with van der Waals surface area (Å²) in [5.41, 5.74) is 0.131. The number of morpholine rings is 1. The third-order valence-corrected chi connectivity index (χ3v) is 4.91. The normalized spacial score (nSPS) is 32.4. The smallest absolute Gasteiger partial charge is 0.191 e. The maximum absolute atomic E-state index is 5.77. The van der Waals surface area contributed by atoms with Crippen LogP contribution in [0, 0.1) is 5.41 Å². The Morgan fingerprint density at radius 3 is 2.82 bits per heavy atom. The Morgan fingerprint density at radius 1 is 1.45 bits per heavy atom. The third kappa shape index (κ3) is 4.12. The molecule has 2 N–H and O–H groups in total. The molecule has 0 aromatic heterocycles. The zero-order valence-electron chi connectivity index (χ0n) is 14.7. The van der Waals surface area contributed by atoms with E-state index in [1.807, 2.05) is 0 Å². The summed E-state index contributed by atoms with van der Waals surface area (Å²) in [5, 5.41) is 6.88. The van der Waals surface area contributed by atoms with Gasteiger partial charge in [0.05, 0.1) is 25.4 Å². The summed E-state index contributed by atoms with van der Waals surface area (Å²) in [6.07, 6.45) is 1.54. The van der Waals surface area contributed by atoms with E-state index in [1.54, 1.807) is 7.11 Å². The van der Waals surface area contributed by atoms with Gasteiger partial charge in [-0.2, -0.15) is 0 Å². The Morgan fingerprint density at radius 2 is 2.23 bits per heavy atom. The fourth-order valence-corrected chi connectivity index (χ4v) is 3.19. The van der Waals surface area contributed by atoms with E-state index in [9.17, 15) is 0 Å². The second-order valence-corrected chi connectivity index (χ2v) is 6.95. The molecule has 2 fully saturated rings. The van der Waals surface area contributed by atoms with Crippen LogP contribution < -0.4 is 10.6 Å². The first-order valence-corrected chi connectivity index (χ1v) is 8.35. The van der Waals surface area contributed by atoms with Gasteiger partial charge >= 0.3 is 0 Å². The molecule has 1 heterocycles. The van der Waals surface area contributed by atoms with E-state index < -0.39 is 0 Å². The van der Waals surface area contributed by atoms with Crippen LogP contribution in [0.5, 0.6) is 0 Å². The van der Waals surface area contributed by atoms with E-state index in [2.05, 4.69) is 43.4 Å². The Balaban J connectivity index is 1.88. The van der Waals surface area contributed by atoms with E-state index >= 15 is 0 Å². The molecule has 6 nitrogen and oxygen atoms in total. The number of hydrogen-bond acceptors (Lipinski definition) is 4. The van der Waals surface area contributed by atoms with Gasteiger partial charge in [-0.3, -0.25) is 4.99 Å². The van der Waals surface area contributed by atoms with Crippen molar-refractivity contribution in [2.45, 2.75) is 45.4 Å². The fourth-order valence-electron chi connectivity index (χ4n) is 3.19. The number of methoxy groups -OCH3 is 1.